The van der Waals surface area contributed by atoms with E-state index in [9.17, 15) is 0 Å². The van der Waals surface area contributed by atoms with Crippen molar-refractivity contribution in [2.45, 2.75) is 38.8 Å². The molecule has 0 saturated heterocycles. The van der Waals surface area contributed by atoms with E-state index < -0.39 is 0 Å². The smallest absolute Gasteiger partial charge is 0.0644 e. The van der Waals surface area contributed by atoms with Crippen molar-refractivity contribution in [1.29, 1.82) is 0 Å². The van der Waals surface area contributed by atoms with Crippen LogP contribution in [-0.4, -0.2) is 14.8 Å². The lowest BCUT2D eigenvalue weighted by Gasteiger charge is -2.10. The number of pyridine rings is 1. The van der Waals surface area contributed by atoms with Crippen LogP contribution in [0, 0.1) is 0 Å². The van der Waals surface area contributed by atoms with Gasteiger partial charge in [0.05, 0.1) is 17.4 Å². The summed E-state index contributed by atoms with van der Waals surface area (Å²) in [5, 5.41) is 4.56. The molecular formula is C14H20N4. The average Bonchev–Trinajstić information content (AvgIpc) is 2.87. The van der Waals surface area contributed by atoms with E-state index in [1.165, 1.54) is 0 Å². The molecule has 2 heterocycles. The fourth-order valence-electron chi connectivity index (χ4n) is 1.84. The van der Waals surface area contributed by atoms with Crippen LogP contribution in [0.25, 0.3) is 0 Å². The fourth-order valence-corrected chi connectivity index (χ4v) is 1.84. The summed E-state index contributed by atoms with van der Waals surface area (Å²) in [6.07, 6.45) is 5.59. The lowest BCUT2D eigenvalue weighted by Crippen LogP contribution is -2.15. The van der Waals surface area contributed by atoms with E-state index in [0.29, 0.717) is 6.04 Å². The summed E-state index contributed by atoms with van der Waals surface area (Å²) < 4.78 is 2.00. The van der Waals surface area contributed by atoms with Crippen LogP contribution in [0.5, 0.6) is 0 Å². The number of hydrogen-bond acceptors (Lipinski definition) is 3. The van der Waals surface area contributed by atoms with Gasteiger partial charge in [-0.15, -0.1) is 0 Å². The maximum atomic E-state index is 6.13. The molecule has 0 aromatic carbocycles. The summed E-state index contributed by atoms with van der Waals surface area (Å²) in [4.78, 5) is 4.27. The Morgan fingerprint density at radius 2 is 2.17 bits per heavy atom. The van der Waals surface area contributed by atoms with Crippen molar-refractivity contribution >= 4 is 0 Å². The predicted molar refractivity (Wildman–Crippen MR) is 72.1 cm³/mol. The standard InChI is InChI=1S/C14H20N4/c1-3-11(2)18-9-7-12(17-18)10-13(15)14-6-4-5-8-16-14/h4-9,11,13H,3,10,15H2,1-2H3. The zero-order valence-electron chi connectivity index (χ0n) is 11.0. The van der Waals surface area contributed by atoms with Crippen LogP contribution in [-0.2, 0) is 6.42 Å². The van der Waals surface area contributed by atoms with Gasteiger partial charge >= 0.3 is 0 Å². The highest BCUT2D eigenvalue weighted by molar-refractivity contribution is 5.12. The normalized spacial score (nSPS) is 14.4. The monoisotopic (exact) mass is 244 g/mol. The Bertz CT molecular complexity index is 478. The van der Waals surface area contributed by atoms with Crippen LogP contribution in [0.2, 0.25) is 0 Å². The largest absolute Gasteiger partial charge is 0.322 e. The number of aromatic nitrogens is 3. The molecule has 0 radical (unpaired) electrons. The Balaban J connectivity index is 2.03. The molecule has 18 heavy (non-hydrogen) atoms. The van der Waals surface area contributed by atoms with E-state index in [-0.39, 0.29) is 6.04 Å². The zero-order chi connectivity index (χ0) is 13.0. The summed E-state index contributed by atoms with van der Waals surface area (Å²) in [5.74, 6) is 0. The molecule has 0 saturated carbocycles. The first-order valence-corrected chi connectivity index (χ1v) is 6.41. The first-order valence-electron chi connectivity index (χ1n) is 6.41. The van der Waals surface area contributed by atoms with Crippen LogP contribution < -0.4 is 5.73 Å². The van der Waals surface area contributed by atoms with Gasteiger partial charge in [0.25, 0.3) is 0 Å². The second-order valence-corrected chi connectivity index (χ2v) is 4.61. The van der Waals surface area contributed by atoms with E-state index in [4.69, 9.17) is 5.73 Å². The second-order valence-electron chi connectivity index (χ2n) is 4.61. The van der Waals surface area contributed by atoms with Gasteiger partial charge in [-0.05, 0) is 31.5 Å². The molecule has 0 bridgehead atoms. The summed E-state index contributed by atoms with van der Waals surface area (Å²) >= 11 is 0. The molecule has 4 nitrogen and oxygen atoms in total. The Hall–Kier alpha value is -1.68. The molecule has 2 aromatic rings. The minimum Gasteiger partial charge on any atom is -0.322 e. The first-order chi connectivity index (χ1) is 8.70. The summed E-state index contributed by atoms with van der Waals surface area (Å²) in [6, 6.07) is 8.19. The van der Waals surface area contributed by atoms with Crippen LogP contribution in [0.15, 0.2) is 36.7 Å². The van der Waals surface area contributed by atoms with Crippen molar-refractivity contribution < 1.29 is 0 Å². The highest BCUT2D eigenvalue weighted by atomic mass is 15.3. The third kappa shape index (κ3) is 2.96. The molecule has 0 amide bonds. The molecule has 0 spiro atoms. The van der Waals surface area contributed by atoms with Gasteiger partial charge in [0, 0.05) is 24.9 Å². The van der Waals surface area contributed by atoms with Crippen molar-refractivity contribution in [3.8, 4) is 0 Å². The quantitative estimate of drug-likeness (QED) is 0.879. The Morgan fingerprint density at radius 3 is 2.83 bits per heavy atom. The van der Waals surface area contributed by atoms with Gasteiger partial charge in [-0.2, -0.15) is 5.10 Å². The van der Waals surface area contributed by atoms with Crippen molar-refractivity contribution in [3.05, 3.63) is 48.0 Å². The van der Waals surface area contributed by atoms with Crippen LogP contribution >= 0.6 is 0 Å². The Kier molecular flexibility index (Phi) is 4.10. The Labute approximate surface area is 108 Å². The van der Waals surface area contributed by atoms with Crippen molar-refractivity contribution in [1.82, 2.24) is 14.8 Å². The van der Waals surface area contributed by atoms with Gasteiger partial charge < -0.3 is 5.73 Å². The number of rotatable bonds is 5. The van der Waals surface area contributed by atoms with Crippen molar-refractivity contribution in [2.24, 2.45) is 5.73 Å². The van der Waals surface area contributed by atoms with Gasteiger partial charge in [-0.1, -0.05) is 13.0 Å². The van der Waals surface area contributed by atoms with E-state index in [0.717, 1.165) is 24.2 Å². The van der Waals surface area contributed by atoms with Crippen molar-refractivity contribution in [2.75, 3.05) is 0 Å². The van der Waals surface area contributed by atoms with E-state index in [1.807, 2.05) is 35.1 Å². The highest BCUT2D eigenvalue weighted by Crippen LogP contribution is 2.14. The molecule has 2 aromatic heterocycles. The molecule has 2 atom stereocenters. The molecule has 4 heteroatoms. The summed E-state index contributed by atoms with van der Waals surface area (Å²) in [5.41, 5.74) is 8.07. The lowest BCUT2D eigenvalue weighted by molar-refractivity contribution is 0.471. The van der Waals surface area contributed by atoms with Crippen LogP contribution in [0.4, 0.5) is 0 Å². The summed E-state index contributed by atoms with van der Waals surface area (Å²) in [6.45, 7) is 4.32. The first kappa shape index (κ1) is 12.8. The third-order valence-electron chi connectivity index (χ3n) is 3.20. The average molecular weight is 244 g/mol. The lowest BCUT2D eigenvalue weighted by atomic mass is 10.1. The topological polar surface area (TPSA) is 56.7 Å². The van der Waals surface area contributed by atoms with Gasteiger partial charge in [0.2, 0.25) is 0 Å². The third-order valence-corrected chi connectivity index (χ3v) is 3.20. The van der Waals surface area contributed by atoms with Gasteiger partial charge in [-0.25, -0.2) is 0 Å². The molecule has 0 aliphatic carbocycles. The van der Waals surface area contributed by atoms with Gasteiger partial charge in [0.1, 0.15) is 0 Å². The number of nitrogens with zero attached hydrogens (tertiary/aromatic N) is 3. The van der Waals surface area contributed by atoms with Crippen LogP contribution in [0.3, 0.4) is 0 Å². The molecule has 2 rings (SSSR count). The SMILES string of the molecule is CCC(C)n1ccc(CC(N)c2ccccn2)n1. The van der Waals surface area contributed by atoms with Crippen LogP contribution in [0.1, 0.15) is 43.7 Å². The van der Waals surface area contributed by atoms with Crippen molar-refractivity contribution in [3.63, 3.8) is 0 Å². The second kappa shape index (κ2) is 5.78. The predicted octanol–water partition coefficient (Wildman–Crippen LogP) is 2.49. The minimum absolute atomic E-state index is 0.0912. The van der Waals surface area contributed by atoms with E-state index >= 15 is 0 Å². The fraction of sp³-hybridized carbons (Fsp3) is 0.429. The maximum absolute atomic E-state index is 6.13. The minimum atomic E-state index is -0.0912. The molecule has 2 N–H and O–H groups in total. The molecule has 0 fully saturated rings. The molecule has 0 aliphatic heterocycles. The molecular weight excluding hydrogens is 224 g/mol. The summed E-state index contributed by atoms with van der Waals surface area (Å²) in [7, 11) is 0. The molecule has 0 aliphatic rings. The number of hydrogen-bond donors (Lipinski definition) is 1. The number of nitrogens with two attached hydrogens (primary N) is 1. The highest BCUT2D eigenvalue weighted by Gasteiger charge is 2.11. The molecule has 96 valence electrons. The van der Waals surface area contributed by atoms with E-state index in [1.54, 1.807) is 6.20 Å². The Morgan fingerprint density at radius 1 is 1.33 bits per heavy atom. The van der Waals surface area contributed by atoms with Gasteiger partial charge in [-0.3, -0.25) is 9.67 Å². The zero-order valence-corrected chi connectivity index (χ0v) is 11.0. The van der Waals surface area contributed by atoms with Gasteiger partial charge in [0.15, 0.2) is 0 Å². The molecule has 2 unspecified atom stereocenters. The van der Waals surface area contributed by atoms with E-state index in [2.05, 4.69) is 23.9 Å². The maximum Gasteiger partial charge on any atom is 0.0644 e.